The summed E-state index contributed by atoms with van der Waals surface area (Å²) >= 11 is 1.83. The van der Waals surface area contributed by atoms with Gasteiger partial charge in [-0.15, -0.1) is 11.3 Å². The second-order valence-electron chi connectivity index (χ2n) is 14.0. The normalized spacial score (nSPS) is 11.6. The van der Waals surface area contributed by atoms with Crippen molar-refractivity contribution in [3.05, 3.63) is 188 Å². The minimum atomic E-state index is 0.626. The molecule has 0 saturated heterocycles. The fourth-order valence-corrected chi connectivity index (χ4v) is 8.82. The van der Waals surface area contributed by atoms with E-state index in [0.717, 1.165) is 66.4 Å². The van der Waals surface area contributed by atoms with E-state index in [9.17, 15) is 0 Å². The van der Waals surface area contributed by atoms with Gasteiger partial charge in [-0.2, -0.15) is 0 Å². The van der Waals surface area contributed by atoms with Gasteiger partial charge in [0.2, 0.25) is 0 Å². The highest BCUT2D eigenvalue weighted by atomic mass is 32.1. The van der Waals surface area contributed by atoms with Crippen molar-refractivity contribution >= 4 is 53.4 Å². The van der Waals surface area contributed by atoms with Gasteiger partial charge in [0.05, 0.1) is 0 Å². The molecule has 0 aliphatic carbocycles. The fourth-order valence-electron chi connectivity index (χ4n) is 7.71. The van der Waals surface area contributed by atoms with E-state index in [-0.39, 0.29) is 0 Å². The van der Waals surface area contributed by atoms with Gasteiger partial charge < -0.3 is 4.42 Å². The topological polar surface area (TPSA) is 51.8 Å². The Kier molecular flexibility index (Phi) is 7.64. The molecule has 0 unspecified atom stereocenters. The van der Waals surface area contributed by atoms with Crippen LogP contribution in [0.4, 0.5) is 0 Å². The van der Waals surface area contributed by atoms with Crippen LogP contribution in [0, 0.1) is 0 Å². The van der Waals surface area contributed by atoms with Crippen LogP contribution in [0.2, 0.25) is 0 Å². The molecule has 0 atom stereocenters. The van der Waals surface area contributed by atoms with E-state index in [4.69, 9.17) is 19.4 Å². The van der Waals surface area contributed by atoms with E-state index in [1.165, 1.54) is 25.7 Å². The first-order chi connectivity index (χ1) is 27.7. The number of aromatic nitrogens is 3. The van der Waals surface area contributed by atoms with Gasteiger partial charge in [0, 0.05) is 47.6 Å². The second-order valence-corrected chi connectivity index (χ2v) is 15.1. The minimum absolute atomic E-state index is 0.626. The largest absolute Gasteiger partial charge is 0.456 e. The zero-order valence-electron chi connectivity index (χ0n) is 30.1. The summed E-state index contributed by atoms with van der Waals surface area (Å²) in [6.45, 7) is 0. The lowest BCUT2D eigenvalue weighted by atomic mass is 9.93. The van der Waals surface area contributed by atoms with Crippen LogP contribution in [-0.2, 0) is 0 Å². The lowest BCUT2D eigenvalue weighted by Crippen LogP contribution is -2.00. The molecule has 0 fully saturated rings. The number of hydrogen-bond donors (Lipinski definition) is 0. The summed E-state index contributed by atoms with van der Waals surface area (Å²) in [6, 6.07) is 65.8. The van der Waals surface area contributed by atoms with Crippen molar-refractivity contribution < 1.29 is 4.42 Å². The molecule has 8 aromatic carbocycles. The maximum atomic E-state index is 6.29. The third-order valence-electron chi connectivity index (χ3n) is 10.5. The molecule has 56 heavy (non-hydrogen) atoms. The number of hydrogen-bond acceptors (Lipinski definition) is 5. The molecule has 0 aliphatic heterocycles. The third-order valence-corrected chi connectivity index (χ3v) is 11.6. The van der Waals surface area contributed by atoms with Gasteiger partial charge in [0.1, 0.15) is 11.2 Å². The molecule has 0 spiro atoms. The van der Waals surface area contributed by atoms with E-state index >= 15 is 0 Å². The highest BCUT2D eigenvalue weighted by molar-refractivity contribution is 7.25. The number of furan rings is 1. The lowest BCUT2D eigenvalue weighted by Gasteiger charge is -2.13. The van der Waals surface area contributed by atoms with Crippen LogP contribution < -0.4 is 0 Å². The number of para-hydroxylation sites is 1. The summed E-state index contributed by atoms with van der Waals surface area (Å²) in [6.07, 6.45) is 0. The quantitative estimate of drug-likeness (QED) is 0.171. The standard InChI is InChI=1S/C51H31N3OS/c1-4-13-32(14-5-1)38-26-39(28-40(27-38)51-53-49(33-15-6-2-7-16-33)52-50(54-51)34-17-8-3-9-18-34)36-20-12-19-35(25-36)37-23-24-47-43(29-37)44-30-46-42(31-48(44)56-47)41-21-10-11-22-45(41)55-46/h1-31H. The molecule has 0 amide bonds. The predicted octanol–water partition coefficient (Wildman–Crippen LogP) is 14.1. The van der Waals surface area contributed by atoms with Crippen molar-refractivity contribution in [2.45, 2.75) is 0 Å². The second kappa shape index (κ2) is 13.3. The molecule has 0 aliphatic rings. The Labute approximate surface area is 327 Å². The minimum Gasteiger partial charge on any atom is -0.456 e. The summed E-state index contributed by atoms with van der Waals surface area (Å²) < 4.78 is 8.82. The predicted molar refractivity (Wildman–Crippen MR) is 233 cm³/mol. The molecule has 5 heteroatoms. The summed E-state index contributed by atoms with van der Waals surface area (Å²) in [4.78, 5) is 15.1. The molecule has 3 heterocycles. The highest BCUT2D eigenvalue weighted by Crippen LogP contribution is 2.41. The summed E-state index contributed by atoms with van der Waals surface area (Å²) in [5, 5.41) is 4.77. The maximum Gasteiger partial charge on any atom is 0.164 e. The Balaban J connectivity index is 1.05. The van der Waals surface area contributed by atoms with E-state index in [0.29, 0.717) is 17.5 Å². The number of benzene rings is 8. The summed E-state index contributed by atoms with van der Waals surface area (Å²) in [7, 11) is 0. The van der Waals surface area contributed by atoms with Crippen LogP contribution in [0.1, 0.15) is 0 Å². The average Bonchev–Trinajstić information content (AvgIpc) is 3.83. The van der Waals surface area contributed by atoms with Crippen molar-refractivity contribution in [3.8, 4) is 67.5 Å². The summed E-state index contributed by atoms with van der Waals surface area (Å²) in [5.74, 6) is 1.90. The van der Waals surface area contributed by atoms with Crippen molar-refractivity contribution in [1.82, 2.24) is 15.0 Å². The molecule has 0 saturated carbocycles. The molecule has 11 rings (SSSR count). The maximum absolute atomic E-state index is 6.29. The first kappa shape index (κ1) is 32.2. The average molecular weight is 734 g/mol. The van der Waals surface area contributed by atoms with Gasteiger partial charge in [0.25, 0.3) is 0 Å². The first-order valence-corrected chi connectivity index (χ1v) is 19.5. The van der Waals surface area contributed by atoms with Gasteiger partial charge in [-0.05, 0) is 88.0 Å². The lowest BCUT2D eigenvalue weighted by molar-refractivity contribution is 0.669. The van der Waals surface area contributed by atoms with Gasteiger partial charge in [-0.25, -0.2) is 15.0 Å². The number of fused-ring (bicyclic) bond motifs is 6. The summed E-state index contributed by atoms with van der Waals surface area (Å²) in [5.41, 5.74) is 11.4. The van der Waals surface area contributed by atoms with Gasteiger partial charge in [-0.1, -0.05) is 133 Å². The monoisotopic (exact) mass is 733 g/mol. The zero-order valence-corrected chi connectivity index (χ0v) is 30.9. The third kappa shape index (κ3) is 5.74. The molecule has 4 nitrogen and oxygen atoms in total. The van der Waals surface area contributed by atoms with Crippen LogP contribution in [0.3, 0.4) is 0 Å². The SMILES string of the molecule is c1ccc(-c2cc(-c3cccc(-c4ccc5sc6cc7c(cc6c5c4)oc4ccccc47)c3)cc(-c3nc(-c4ccccc4)nc(-c4ccccc4)n3)c2)cc1. The van der Waals surface area contributed by atoms with E-state index < -0.39 is 0 Å². The van der Waals surface area contributed by atoms with Crippen LogP contribution in [-0.4, -0.2) is 15.0 Å². The van der Waals surface area contributed by atoms with Crippen molar-refractivity contribution in [2.24, 2.45) is 0 Å². The molecule has 0 radical (unpaired) electrons. The fraction of sp³-hybridized carbons (Fsp3) is 0. The van der Waals surface area contributed by atoms with Crippen LogP contribution in [0.5, 0.6) is 0 Å². The molecular weight excluding hydrogens is 703 g/mol. The van der Waals surface area contributed by atoms with E-state index in [2.05, 4.69) is 115 Å². The first-order valence-electron chi connectivity index (χ1n) is 18.7. The number of thiophene rings is 1. The smallest absolute Gasteiger partial charge is 0.164 e. The molecule has 0 N–H and O–H groups in total. The van der Waals surface area contributed by atoms with Gasteiger partial charge in [0.15, 0.2) is 17.5 Å². The Morgan fingerprint density at radius 1 is 0.286 bits per heavy atom. The molecule has 11 aromatic rings. The van der Waals surface area contributed by atoms with Gasteiger partial charge >= 0.3 is 0 Å². The van der Waals surface area contributed by atoms with Crippen LogP contribution in [0.25, 0.3) is 110 Å². The Morgan fingerprint density at radius 3 is 1.48 bits per heavy atom. The Hall–Kier alpha value is -7.21. The molecule has 0 bridgehead atoms. The molecular formula is C51H31N3OS. The van der Waals surface area contributed by atoms with Crippen LogP contribution in [0.15, 0.2) is 192 Å². The molecule has 3 aromatic heterocycles. The zero-order chi connectivity index (χ0) is 37.0. The van der Waals surface area contributed by atoms with E-state index in [1.54, 1.807) is 0 Å². The number of nitrogens with zero attached hydrogens (tertiary/aromatic N) is 3. The Morgan fingerprint density at radius 2 is 0.786 bits per heavy atom. The Bertz CT molecular complexity index is 3180. The van der Waals surface area contributed by atoms with Crippen molar-refractivity contribution in [1.29, 1.82) is 0 Å². The number of rotatable bonds is 6. The molecule has 262 valence electrons. The highest BCUT2D eigenvalue weighted by Gasteiger charge is 2.16. The van der Waals surface area contributed by atoms with Gasteiger partial charge in [-0.3, -0.25) is 0 Å². The van der Waals surface area contributed by atoms with Crippen LogP contribution >= 0.6 is 11.3 Å². The van der Waals surface area contributed by atoms with Crippen molar-refractivity contribution in [3.63, 3.8) is 0 Å². The van der Waals surface area contributed by atoms with Crippen molar-refractivity contribution in [2.75, 3.05) is 0 Å². The van der Waals surface area contributed by atoms with E-state index in [1.807, 2.05) is 84.1 Å².